The fourth-order valence-corrected chi connectivity index (χ4v) is 2.16. The number of halogens is 2. The first-order valence-electron chi connectivity index (χ1n) is 7.44. The van der Waals surface area contributed by atoms with Gasteiger partial charge in [-0.1, -0.05) is 0 Å². The van der Waals surface area contributed by atoms with Crippen LogP contribution in [0.25, 0.3) is 0 Å². The first-order valence-corrected chi connectivity index (χ1v) is 7.44. The number of benzene rings is 2. The van der Waals surface area contributed by atoms with Crippen molar-refractivity contribution in [1.29, 1.82) is 0 Å². The molecule has 0 fully saturated rings. The molecule has 2 rings (SSSR count). The number of carbonyl (C=O) groups excluding carboxylic acids is 1. The van der Waals surface area contributed by atoms with Gasteiger partial charge in [0.15, 0.2) is 0 Å². The van der Waals surface area contributed by atoms with Crippen LogP contribution in [0.4, 0.5) is 8.78 Å². The molecule has 0 saturated heterocycles. The van der Waals surface area contributed by atoms with Crippen molar-refractivity contribution >= 4 is 5.97 Å². The van der Waals surface area contributed by atoms with E-state index in [2.05, 4.69) is 0 Å². The molecule has 0 spiro atoms. The quantitative estimate of drug-likeness (QED) is 0.706. The van der Waals surface area contributed by atoms with Crippen LogP contribution in [0, 0.1) is 11.6 Å². The second kappa shape index (κ2) is 8.43. The monoisotopic (exact) mass is 352 g/mol. The summed E-state index contributed by atoms with van der Waals surface area (Å²) < 4.78 is 47.4. The predicted octanol–water partition coefficient (Wildman–Crippen LogP) is 3.96. The summed E-state index contributed by atoms with van der Waals surface area (Å²) >= 11 is 0. The van der Waals surface area contributed by atoms with E-state index >= 15 is 0 Å². The van der Waals surface area contributed by atoms with Crippen LogP contribution < -0.4 is 9.47 Å². The summed E-state index contributed by atoms with van der Waals surface area (Å²) in [4.78, 5) is 11.8. The van der Waals surface area contributed by atoms with E-state index in [0.717, 1.165) is 18.2 Å². The summed E-state index contributed by atoms with van der Waals surface area (Å²) in [6.45, 7) is 2.13. The lowest BCUT2D eigenvalue weighted by atomic mass is 10.2. The molecule has 2 aromatic carbocycles. The van der Waals surface area contributed by atoms with E-state index in [1.165, 1.54) is 32.4 Å². The van der Waals surface area contributed by atoms with Crippen molar-refractivity contribution in [1.82, 2.24) is 0 Å². The molecule has 2 aromatic rings. The molecule has 0 aliphatic rings. The van der Waals surface area contributed by atoms with Crippen molar-refractivity contribution in [2.45, 2.75) is 13.0 Å². The van der Waals surface area contributed by atoms with E-state index in [9.17, 15) is 13.6 Å². The molecule has 0 aliphatic carbocycles. The van der Waals surface area contributed by atoms with Crippen LogP contribution in [-0.2, 0) is 9.47 Å². The Bertz CT molecular complexity index is 728. The van der Waals surface area contributed by atoms with Gasteiger partial charge in [-0.25, -0.2) is 13.6 Å². The molecule has 25 heavy (non-hydrogen) atoms. The maximum Gasteiger partial charge on any atom is 0.338 e. The normalized spacial score (nSPS) is 11.7. The van der Waals surface area contributed by atoms with E-state index in [4.69, 9.17) is 18.9 Å². The van der Waals surface area contributed by atoms with E-state index in [1.807, 2.05) is 0 Å². The number of hydrogen-bond donors (Lipinski definition) is 0. The lowest BCUT2D eigenvalue weighted by Gasteiger charge is -2.16. The Labute approximate surface area is 144 Å². The zero-order valence-electron chi connectivity index (χ0n) is 14.0. The second-order valence-electron chi connectivity index (χ2n) is 5.28. The Morgan fingerprint density at radius 1 is 0.960 bits per heavy atom. The summed E-state index contributed by atoms with van der Waals surface area (Å²) in [5, 5.41) is 0. The summed E-state index contributed by atoms with van der Waals surface area (Å²) in [7, 11) is 2.78. The molecular formula is C18H18F2O5. The Morgan fingerprint density at radius 3 is 2.16 bits per heavy atom. The minimum absolute atomic E-state index is 0.0459. The van der Waals surface area contributed by atoms with Crippen LogP contribution in [-0.4, -0.2) is 32.9 Å². The zero-order valence-corrected chi connectivity index (χ0v) is 14.0. The van der Waals surface area contributed by atoms with Crippen molar-refractivity contribution in [3.8, 4) is 17.2 Å². The maximum absolute atomic E-state index is 13.3. The summed E-state index contributed by atoms with van der Waals surface area (Å²) in [6.07, 6.45) is -0.280. The highest BCUT2D eigenvalue weighted by molar-refractivity contribution is 5.90. The molecule has 7 heteroatoms. The van der Waals surface area contributed by atoms with Crippen molar-refractivity contribution in [2.75, 3.05) is 20.8 Å². The molecule has 0 radical (unpaired) electrons. The lowest BCUT2D eigenvalue weighted by Crippen LogP contribution is -2.18. The predicted molar refractivity (Wildman–Crippen MR) is 86.2 cm³/mol. The molecule has 1 atom stereocenters. The molecular weight excluding hydrogens is 334 g/mol. The van der Waals surface area contributed by atoms with Gasteiger partial charge in [-0.3, -0.25) is 0 Å². The molecule has 0 amide bonds. The van der Waals surface area contributed by atoms with Gasteiger partial charge in [-0.05, 0) is 19.1 Å². The average molecular weight is 352 g/mol. The first-order chi connectivity index (χ1) is 11.9. The van der Waals surface area contributed by atoms with Gasteiger partial charge < -0.3 is 18.9 Å². The molecule has 0 saturated carbocycles. The largest absolute Gasteiger partial charge is 0.488 e. The Morgan fingerprint density at radius 2 is 1.56 bits per heavy atom. The summed E-state index contributed by atoms with van der Waals surface area (Å²) in [5.74, 6) is -1.68. The molecule has 0 N–H and O–H groups in total. The lowest BCUT2D eigenvalue weighted by molar-refractivity contribution is 0.0598. The van der Waals surface area contributed by atoms with Gasteiger partial charge in [0.05, 0.1) is 19.3 Å². The van der Waals surface area contributed by atoms with Crippen LogP contribution >= 0.6 is 0 Å². The van der Waals surface area contributed by atoms with E-state index in [1.54, 1.807) is 6.92 Å². The Balaban J connectivity index is 2.33. The third-order valence-electron chi connectivity index (χ3n) is 3.11. The Hall–Kier alpha value is -2.67. The maximum atomic E-state index is 13.3. The highest BCUT2D eigenvalue weighted by Gasteiger charge is 2.13. The number of hydrogen-bond acceptors (Lipinski definition) is 5. The van der Waals surface area contributed by atoms with Gasteiger partial charge in [0.25, 0.3) is 0 Å². The summed E-state index contributed by atoms with van der Waals surface area (Å²) in [6, 6.07) is 7.17. The fraction of sp³-hybridized carbons (Fsp3) is 0.278. The SMILES string of the molecule is COC[C@H](C)Oc1cc(Oc2cc(F)cc(F)c2)cc(C(=O)OC)c1. The molecule has 0 heterocycles. The average Bonchev–Trinajstić information content (AvgIpc) is 2.53. The Kier molecular flexibility index (Phi) is 6.30. The molecule has 0 bridgehead atoms. The number of esters is 1. The zero-order chi connectivity index (χ0) is 18.4. The van der Waals surface area contributed by atoms with Crippen molar-refractivity contribution < 1.29 is 32.5 Å². The van der Waals surface area contributed by atoms with Gasteiger partial charge in [0.1, 0.15) is 35.0 Å². The molecule has 134 valence electrons. The van der Waals surface area contributed by atoms with Gasteiger partial charge in [-0.15, -0.1) is 0 Å². The highest BCUT2D eigenvalue weighted by Crippen LogP contribution is 2.29. The smallest absolute Gasteiger partial charge is 0.338 e. The third-order valence-corrected chi connectivity index (χ3v) is 3.11. The highest BCUT2D eigenvalue weighted by atomic mass is 19.1. The number of carbonyl (C=O) groups is 1. The standard InChI is InChI=1S/C18H18F2O5/c1-11(10-22-2)24-15-4-12(18(21)23-3)5-16(9-15)25-17-7-13(19)6-14(20)8-17/h4-9,11H,10H2,1-3H3/t11-/m0/s1. The number of rotatable bonds is 7. The van der Waals surface area contributed by atoms with E-state index < -0.39 is 17.6 Å². The van der Waals surface area contributed by atoms with Crippen molar-refractivity contribution in [3.63, 3.8) is 0 Å². The van der Waals surface area contributed by atoms with Crippen LogP contribution in [0.2, 0.25) is 0 Å². The molecule has 5 nitrogen and oxygen atoms in total. The number of ether oxygens (including phenoxy) is 4. The first kappa shape index (κ1) is 18.7. The van der Waals surface area contributed by atoms with Crippen LogP contribution in [0.1, 0.15) is 17.3 Å². The molecule has 0 unspecified atom stereocenters. The van der Waals surface area contributed by atoms with Crippen LogP contribution in [0.3, 0.4) is 0 Å². The number of methoxy groups -OCH3 is 2. The molecule has 0 aliphatic heterocycles. The van der Waals surface area contributed by atoms with Crippen LogP contribution in [0.15, 0.2) is 36.4 Å². The van der Waals surface area contributed by atoms with Gasteiger partial charge in [0.2, 0.25) is 0 Å². The summed E-state index contributed by atoms with van der Waals surface area (Å²) in [5.41, 5.74) is 0.177. The van der Waals surface area contributed by atoms with Gasteiger partial charge >= 0.3 is 5.97 Å². The molecule has 0 aromatic heterocycles. The fourth-order valence-electron chi connectivity index (χ4n) is 2.16. The van der Waals surface area contributed by atoms with Crippen molar-refractivity contribution in [2.24, 2.45) is 0 Å². The van der Waals surface area contributed by atoms with E-state index in [0.29, 0.717) is 12.4 Å². The topological polar surface area (TPSA) is 54.0 Å². The van der Waals surface area contributed by atoms with E-state index in [-0.39, 0.29) is 23.2 Å². The second-order valence-corrected chi connectivity index (χ2v) is 5.28. The van der Waals surface area contributed by atoms with Gasteiger partial charge in [-0.2, -0.15) is 0 Å². The van der Waals surface area contributed by atoms with Gasteiger partial charge in [0, 0.05) is 31.4 Å². The minimum Gasteiger partial charge on any atom is -0.488 e. The van der Waals surface area contributed by atoms with Crippen molar-refractivity contribution in [3.05, 3.63) is 53.6 Å². The van der Waals surface area contributed by atoms with Crippen LogP contribution in [0.5, 0.6) is 17.2 Å². The minimum atomic E-state index is -0.774. The third kappa shape index (κ3) is 5.42.